The first-order chi connectivity index (χ1) is 40.4. The number of hydrogen-bond donors (Lipinski definition) is 0. The minimum Gasteiger partial charge on any atom is -0.512 e. The van der Waals surface area contributed by atoms with E-state index in [4.69, 9.17) is 40.3 Å². The molecule has 16 nitrogen and oxygen atoms in total. The van der Waals surface area contributed by atoms with Crippen LogP contribution in [0.2, 0.25) is 10.4 Å². The number of unbranched alkanes of at least 4 members (excludes halogenated alkanes) is 28. The molecule has 0 atom stereocenters. The maximum Gasteiger partial charge on any atom is 0.305 e. The van der Waals surface area contributed by atoms with Crippen LogP contribution in [0.5, 0.6) is 0 Å². The third kappa shape index (κ3) is 32.8. The zero-order valence-electron chi connectivity index (χ0n) is 52.8. The molecule has 18 heteroatoms. The number of nitrogens with zero attached hydrogens (tertiary/aromatic N) is 12. The number of esters is 2. The Bertz CT molecular complexity index is 2410. The largest absolute Gasteiger partial charge is 0.512 e. The SMILES string of the molecule is CCC[CH-][N+](CCCC)(CCCC)CCCC.COC(=O)CCCCCCCCCCCCCCCn1c(C)nc2nc(C#N)nc(C#N)c21.COC(=O)CCCCCCCCCCCCCCCn1c(C)nc2nc(Cl)nc(Cl)c21.[C-]#N. The average molecular weight is 1190 g/mol. The van der Waals surface area contributed by atoms with Gasteiger partial charge < -0.3 is 34.9 Å². The number of fused-ring (bicyclic) bond motifs is 2. The van der Waals surface area contributed by atoms with Crippen molar-refractivity contribution in [1.29, 1.82) is 15.8 Å². The number of nitriles is 2. The normalized spacial score (nSPS) is 11.0. The summed E-state index contributed by atoms with van der Waals surface area (Å²) in [6.07, 6.45) is 43.6. The number of hydrogen-bond acceptors (Lipinski definition) is 13. The van der Waals surface area contributed by atoms with Gasteiger partial charge in [-0.25, -0.2) is 19.9 Å². The summed E-state index contributed by atoms with van der Waals surface area (Å²) in [5.41, 5.74) is 2.64. The van der Waals surface area contributed by atoms with Gasteiger partial charge in [-0.15, -0.1) is 13.0 Å². The number of halogens is 2. The number of aromatic nitrogens is 8. The molecule has 83 heavy (non-hydrogen) atoms. The van der Waals surface area contributed by atoms with E-state index in [2.05, 4.69) is 84.3 Å². The molecule has 0 bridgehead atoms. The highest BCUT2D eigenvalue weighted by Crippen LogP contribution is 2.25. The van der Waals surface area contributed by atoms with Crippen LogP contribution in [-0.4, -0.2) is 89.3 Å². The number of quaternary nitrogens is 1. The topological polar surface area (TPSA) is 211 Å². The van der Waals surface area contributed by atoms with Gasteiger partial charge in [-0.05, 0) is 70.4 Å². The van der Waals surface area contributed by atoms with Gasteiger partial charge in [0.05, 0.1) is 33.9 Å². The lowest BCUT2D eigenvalue weighted by Gasteiger charge is -2.48. The Labute approximate surface area is 511 Å². The molecule has 0 aliphatic heterocycles. The number of methoxy groups -OCH3 is 2. The summed E-state index contributed by atoms with van der Waals surface area (Å²) in [5.74, 6) is 1.50. The van der Waals surface area contributed by atoms with Crippen molar-refractivity contribution in [1.82, 2.24) is 39.0 Å². The molecule has 466 valence electrons. The highest BCUT2D eigenvalue weighted by molar-refractivity contribution is 6.35. The number of carbonyl (C=O) groups excluding carboxylic acids is 2. The standard InChI is InChI=1S/C25H36N6O2.C23H36Cl2N4O2.C16H35N.CN/c1-20-28-25-24(21(18-26)29-22(19-27)30-25)31(20)17-15-13-11-9-7-5-3-4-6-8-10-12-14-16-23(32)33-2;1-18-26-22-20(21(24)27-23(25)28-22)29(18)17-15-13-11-9-7-5-3-4-6-8-10-12-14-16-19(30)31-2;1-5-9-13-17(14-10-6-2,15-11-7-3)16-12-8-4;1-2/h3-17H2,1-2H3;3-17H2,1-2H3;13H,5-12,14-16H2,1-4H3;/q;;;-1. The Kier molecular flexibility index (Phi) is 45.2. The predicted octanol–water partition coefficient (Wildman–Crippen LogP) is 17.9. The van der Waals surface area contributed by atoms with Crippen LogP contribution in [0, 0.1) is 54.9 Å². The molecule has 0 aliphatic carbocycles. The van der Waals surface area contributed by atoms with E-state index >= 15 is 0 Å². The van der Waals surface area contributed by atoms with Gasteiger partial charge >= 0.3 is 11.9 Å². The fraction of sp³-hybridized carbons (Fsp3) is 0.754. The highest BCUT2D eigenvalue weighted by Gasteiger charge is 2.19. The van der Waals surface area contributed by atoms with E-state index < -0.39 is 0 Å². The van der Waals surface area contributed by atoms with Crippen molar-refractivity contribution in [3.05, 3.63) is 46.7 Å². The second-order valence-electron chi connectivity index (χ2n) is 22.1. The first-order valence-electron chi connectivity index (χ1n) is 32.0. The molecule has 0 fully saturated rings. The first-order valence-corrected chi connectivity index (χ1v) is 32.8. The average Bonchev–Trinajstić information content (AvgIpc) is 3.36. The van der Waals surface area contributed by atoms with Crippen LogP contribution in [0.1, 0.15) is 282 Å². The molecule has 0 spiro atoms. The summed E-state index contributed by atoms with van der Waals surface area (Å²) < 4.78 is 14.7. The van der Waals surface area contributed by atoms with E-state index in [0.29, 0.717) is 34.8 Å². The summed E-state index contributed by atoms with van der Waals surface area (Å²) >= 11 is 12.1. The summed E-state index contributed by atoms with van der Waals surface area (Å²) in [7, 11) is 2.90. The first kappa shape index (κ1) is 76.1. The molecule has 0 radical (unpaired) electrons. The Hall–Kier alpha value is -4.95. The van der Waals surface area contributed by atoms with E-state index in [-0.39, 0.29) is 28.7 Å². The molecule has 0 aromatic carbocycles. The number of rotatable bonds is 44. The van der Waals surface area contributed by atoms with Crippen LogP contribution in [0.25, 0.3) is 22.3 Å². The Balaban J connectivity index is 0.000000643. The molecule has 4 heterocycles. The summed E-state index contributed by atoms with van der Waals surface area (Å²) in [4.78, 5) is 47.3. The molecule has 4 aromatic rings. The summed E-state index contributed by atoms with van der Waals surface area (Å²) in [6, 6.07) is 3.97. The van der Waals surface area contributed by atoms with Crippen LogP contribution in [0.15, 0.2) is 0 Å². The van der Waals surface area contributed by atoms with Crippen molar-refractivity contribution in [2.24, 2.45) is 0 Å². The van der Waals surface area contributed by atoms with Gasteiger partial charge in [0.2, 0.25) is 11.1 Å². The maximum absolute atomic E-state index is 11.0. The number of aryl methyl sites for hydroxylation is 4. The van der Waals surface area contributed by atoms with Crippen molar-refractivity contribution in [3.63, 3.8) is 0 Å². The predicted molar refractivity (Wildman–Crippen MR) is 337 cm³/mol. The van der Waals surface area contributed by atoms with Gasteiger partial charge in [0.1, 0.15) is 34.8 Å². The van der Waals surface area contributed by atoms with Crippen LogP contribution in [-0.2, 0) is 32.2 Å². The Morgan fingerprint density at radius 3 is 1.20 bits per heavy atom. The maximum atomic E-state index is 11.0. The lowest BCUT2D eigenvalue weighted by Crippen LogP contribution is -2.47. The fourth-order valence-electron chi connectivity index (χ4n) is 10.5. The number of carbonyl (C=O) groups is 2. The van der Waals surface area contributed by atoms with Crippen molar-refractivity contribution in [2.75, 3.05) is 33.9 Å². The van der Waals surface area contributed by atoms with Crippen LogP contribution >= 0.6 is 23.2 Å². The highest BCUT2D eigenvalue weighted by atomic mass is 35.5. The molecular weight excluding hydrogens is 1080 g/mol. The molecule has 0 N–H and O–H groups in total. The van der Waals surface area contributed by atoms with Gasteiger partial charge in [0.15, 0.2) is 22.1 Å². The molecule has 4 rings (SSSR count). The van der Waals surface area contributed by atoms with E-state index in [1.165, 1.54) is 212 Å². The second-order valence-corrected chi connectivity index (χ2v) is 22.8. The Morgan fingerprint density at radius 1 is 0.494 bits per heavy atom. The van der Waals surface area contributed by atoms with Gasteiger partial charge in [0, 0.05) is 25.9 Å². The second kappa shape index (κ2) is 49.3. The lowest BCUT2D eigenvalue weighted by atomic mass is 10.0. The molecule has 0 unspecified atom stereocenters. The van der Waals surface area contributed by atoms with Gasteiger partial charge in [-0.1, -0.05) is 206 Å². The van der Waals surface area contributed by atoms with Crippen LogP contribution in [0.4, 0.5) is 0 Å². The van der Waals surface area contributed by atoms with Crippen molar-refractivity contribution < 1.29 is 23.5 Å². The molecule has 4 aromatic heterocycles. The van der Waals surface area contributed by atoms with E-state index in [1.54, 1.807) is 0 Å². The van der Waals surface area contributed by atoms with E-state index in [1.807, 2.05) is 24.5 Å². The smallest absolute Gasteiger partial charge is 0.305 e. The molecule has 0 aliphatic rings. The molecule has 0 saturated carbocycles. The zero-order chi connectivity index (χ0) is 61.4. The minimum absolute atomic E-state index is 0.0145. The van der Waals surface area contributed by atoms with Crippen LogP contribution in [0.3, 0.4) is 0 Å². The third-order valence-corrected chi connectivity index (χ3v) is 15.8. The van der Waals surface area contributed by atoms with Crippen molar-refractivity contribution >= 4 is 57.5 Å². The van der Waals surface area contributed by atoms with Crippen molar-refractivity contribution in [2.45, 2.75) is 286 Å². The number of ether oxygens (including phenoxy) is 2. The van der Waals surface area contributed by atoms with Gasteiger partial charge in [-0.2, -0.15) is 20.5 Å². The summed E-state index contributed by atoms with van der Waals surface area (Å²) in [6.45, 7) is 26.3. The minimum atomic E-state index is -0.0989. The lowest BCUT2D eigenvalue weighted by molar-refractivity contribution is -0.901. The van der Waals surface area contributed by atoms with E-state index in [0.717, 1.165) is 75.2 Å². The molecular formula is C65H107Cl2N12O4-. The molecule has 0 saturated heterocycles. The van der Waals surface area contributed by atoms with Crippen molar-refractivity contribution in [3.8, 4) is 12.1 Å². The quantitative estimate of drug-likeness (QED) is 0.0101. The Morgan fingerprint density at radius 2 is 0.855 bits per heavy atom. The zero-order valence-corrected chi connectivity index (χ0v) is 54.3. The monoisotopic (exact) mass is 1190 g/mol. The van der Waals surface area contributed by atoms with Crippen LogP contribution < -0.4 is 0 Å². The van der Waals surface area contributed by atoms with Gasteiger partial charge in [0.25, 0.3) is 0 Å². The third-order valence-electron chi connectivity index (χ3n) is 15.4. The van der Waals surface area contributed by atoms with Gasteiger partial charge in [-0.3, -0.25) is 9.59 Å². The summed E-state index contributed by atoms with van der Waals surface area (Å²) in [5, 5.41) is 25.2. The van der Waals surface area contributed by atoms with E-state index in [9.17, 15) is 14.9 Å². The molecule has 0 amide bonds. The number of imidazole rings is 2. The fourth-order valence-corrected chi connectivity index (χ4v) is 11.0.